The molecule has 1 atom stereocenters. The van der Waals surface area contributed by atoms with Gasteiger partial charge in [0.15, 0.2) is 0 Å². The van der Waals surface area contributed by atoms with Gasteiger partial charge in [-0.05, 0) is 0 Å². The molecule has 0 heterocycles. The van der Waals surface area contributed by atoms with E-state index in [1.807, 2.05) is 0 Å². The van der Waals surface area contributed by atoms with E-state index in [4.69, 9.17) is 10.1 Å². The molecule has 82 valence electrons. The average molecular weight is 222 g/mol. The van der Waals surface area contributed by atoms with Crippen molar-refractivity contribution in [1.29, 1.82) is 0 Å². The number of nitrogens with zero attached hydrogens (tertiary/aromatic N) is 1. The fourth-order valence-electron chi connectivity index (χ4n) is 0.686. The topological polar surface area (TPSA) is 89.9 Å². The Morgan fingerprint density at radius 2 is 2.29 bits per heavy atom. The van der Waals surface area contributed by atoms with E-state index in [1.165, 1.54) is 12.7 Å². The Kier molecular flexibility index (Phi) is 5.64. The lowest BCUT2D eigenvalue weighted by molar-refractivity contribution is -0.161. The van der Waals surface area contributed by atoms with E-state index in [1.54, 1.807) is 0 Å². The molecule has 0 spiro atoms. The number of carbonyl (C=O) groups excluding carboxylic acids is 1. The maximum absolute atomic E-state index is 11.0. The Morgan fingerprint density at radius 3 is 2.71 bits per heavy atom. The van der Waals surface area contributed by atoms with Gasteiger partial charge in [0.2, 0.25) is 7.37 Å². The number of hydroxylamine groups is 2. The van der Waals surface area contributed by atoms with Crippen LogP contribution in [-0.4, -0.2) is 47.1 Å². The molecule has 0 radical (unpaired) electrons. The molecule has 0 aromatic carbocycles. The SMILES string of the molecule is C=CCN(O)C(=O)CNCP(C)(=O)O. The van der Waals surface area contributed by atoms with Gasteiger partial charge >= 0.3 is 0 Å². The summed E-state index contributed by atoms with van der Waals surface area (Å²) >= 11 is 0. The maximum Gasteiger partial charge on any atom is 0.260 e. The summed E-state index contributed by atoms with van der Waals surface area (Å²) in [4.78, 5) is 19.9. The van der Waals surface area contributed by atoms with Crippen molar-refractivity contribution in [3.8, 4) is 0 Å². The first kappa shape index (κ1) is 13.3. The van der Waals surface area contributed by atoms with Gasteiger partial charge in [-0.2, -0.15) is 0 Å². The third-order valence-electron chi connectivity index (χ3n) is 1.27. The number of amides is 1. The molecule has 0 aromatic heterocycles. The van der Waals surface area contributed by atoms with Crippen LogP contribution in [0.4, 0.5) is 0 Å². The molecule has 0 rings (SSSR count). The standard InChI is InChI=1S/C7H15N2O4P/c1-3-4-9(11)7(10)5-8-6-14(2,12)13/h3,8,11H,1,4-6H2,2H3,(H,12,13). The highest BCUT2D eigenvalue weighted by Gasteiger charge is 2.12. The summed E-state index contributed by atoms with van der Waals surface area (Å²) in [7, 11) is -3.15. The highest BCUT2D eigenvalue weighted by atomic mass is 31.2. The Bertz CT molecular complexity index is 250. The molecular formula is C7H15N2O4P. The van der Waals surface area contributed by atoms with Crippen LogP contribution in [0.5, 0.6) is 0 Å². The fourth-order valence-corrected chi connectivity index (χ4v) is 1.21. The Balaban J connectivity index is 3.74. The lowest BCUT2D eigenvalue weighted by atomic mass is 10.5. The van der Waals surface area contributed by atoms with Gasteiger partial charge in [-0.1, -0.05) is 6.08 Å². The van der Waals surface area contributed by atoms with Crippen LogP contribution in [0.3, 0.4) is 0 Å². The fraction of sp³-hybridized carbons (Fsp3) is 0.571. The molecule has 14 heavy (non-hydrogen) atoms. The second-order valence-corrected chi connectivity index (χ2v) is 5.32. The van der Waals surface area contributed by atoms with Crippen LogP contribution in [-0.2, 0) is 9.36 Å². The zero-order valence-corrected chi connectivity index (χ0v) is 8.91. The average Bonchev–Trinajstić information content (AvgIpc) is 2.02. The normalized spacial score (nSPS) is 14.5. The lowest BCUT2D eigenvalue weighted by Crippen LogP contribution is -2.36. The summed E-state index contributed by atoms with van der Waals surface area (Å²) in [6, 6.07) is 0. The minimum absolute atomic E-state index is 0.0312. The molecule has 0 aromatic rings. The summed E-state index contributed by atoms with van der Waals surface area (Å²) in [6.45, 7) is 4.38. The highest BCUT2D eigenvalue weighted by Crippen LogP contribution is 2.32. The third-order valence-corrected chi connectivity index (χ3v) is 2.08. The van der Waals surface area contributed by atoms with Gasteiger partial charge in [-0.15, -0.1) is 6.58 Å². The monoisotopic (exact) mass is 222 g/mol. The minimum Gasteiger partial charge on any atom is -0.344 e. The van der Waals surface area contributed by atoms with Crippen molar-refractivity contribution in [2.45, 2.75) is 0 Å². The second kappa shape index (κ2) is 5.93. The van der Waals surface area contributed by atoms with Crippen molar-refractivity contribution in [2.75, 3.05) is 26.0 Å². The molecule has 0 aliphatic rings. The van der Waals surface area contributed by atoms with Crippen LogP contribution in [0.15, 0.2) is 12.7 Å². The van der Waals surface area contributed by atoms with Crippen LogP contribution in [0.2, 0.25) is 0 Å². The van der Waals surface area contributed by atoms with Crippen molar-refractivity contribution in [1.82, 2.24) is 10.4 Å². The molecule has 3 N–H and O–H groups in total. The van der Waals surface area contributed by atoms with E-state index in [-0.39, 0.29) is 19.4 Å². The Hall–Kier alpha value is -0.680. The van der Waals surface area contributed by atoms with Gasteiger partial charge in [0.25, 0.3) is 5.91 Å². The zero-order chi connectivity index (χ0) is 11.2. The molecule has 0 saturated heterocycles. The summed E-state index contributed by atoms with van der Waals surface area (Å²) in [5.41, 5.74) is 0. The predicted molar refractivity (Wildman–Crippen MR) is 52.3 cm³/mol. The quantitative estimate of drug-likeness (QED) is 0.251. The van der Waals surface area contributed by atoms with E-state index in [9.17, 15) is 9.36 Å². The molecule has 0 bridgehead atoms. The van der Waals surface area contributed by atoms with Crippen LogP contribution >= 0.6 is 7.37 Å². The van der Waals surface area contributed by atoms with Gasteiger partial charge in [-0.25, -0.2) is 5.06 Å². The van der Waals surface area contributed by atoms with Crippen molar-refractivity contribution < 1.29 is 19.5 Å². The van der Waals surface area contributed by atoms with Gasteiger partial charge in [0.1, 0.15) is 0 Å². The number of hydrogen-bond donors (Lipinski definition) is 3. The molecule has 0 saturated carbocycles. The molecule has 1 unspecified atom stereocenters. The Morgan fingerprint density at radius 1 is 1.71 bits per heavy atom. The largest absolute Gasteiger partial charge is 0.344 e. The molecule has 0 aliphatic carbocycles. The zero-order valence-electron chi connectivity index (χ0n) is 8.01. The molecule has 6 nitrogen and oxygen atoms in total. The van der Waals surface area contributed by atoms with E-state index < -0.39 is 13.3 Å². The van der Waals surface area contributed by atoms with Crippen molar-refractivity contribution in [3.63, 3.8) is 0 Å². The van der Waals surface area contributed by atoms with Crippen molar-refractivity contribution in [2.24, 2.45) is 0 Å². The first-order valence-electron chi connectivity index (χ1n) is 3.97. The summed E-state index contributed by atoms with van der Waals surface area (Å²) in [5, 5.41) is 11.9. The van der Waals surface area contributed by atoms with Crippen molar-refractivity contribution >= 4 is 13.3 Å². The van der Waals surface area contributed by atoms with Gasteiger partial charge < -0.3 is 4.89 Å². The molecule has 7 heteroatoms. The Labute approximate surface area is 82.6 Å². The van der Waals surface area contributed by atoms with E-state index in [2.05, 4.69) is 11.9 Å². The number of rotatable bonds is 6. The third kappa shape index (κ3) is 6.80. The highest BCUT2D eigenvalue weighted by molar-refractivity contribution is 7.57. The molecule has 0 fully saturated rings. The lowest BCUT2D eigenvalue weighted by Gasteiger charge is -2.13. The van der Waals surface area contributed by atoms with Gasteiger partial charge in [-0.3, -0.25) is 19.9 Å². The summed E-state index contributed by atoms with van der Waals surface area (Å²) in [5.74, 6) is -0.571. The predicted octanol–water partition coefficient (Wildman–Crippen LogP) is -0.163. The number of hydrogen-bond acceptors (Lipinski definition) is 4. The summed E-state index contributed by atoms with van der Waals surface area (Å²) in [6.07, 6.45) is 1.22. The van der Waals surface area contributed by atoms with Gasteiger partial charge in [0.05, 0.1) is 19.4 Å². The smallest absolute Gasteiger partial charge is 0.260 e. The van der Waals surface area contributed by atoms with Gasteiger partial charge in [0, 0.05) is 6.66 Å². The second-order valence-electron chi connectivity index (χ2n) is 2.90. The minimum atomic E-state index is -3.15. The first-order valence-corrected chi connectivity index (χ1v) is 6.26. The van der Waals surface area contributed by atoms with E-state index in [0.717, 1.165) is 0 Å². The van der Waals surface area contributed by atoms with Crippen LogP contribution in [0.1, 0.15) is 0 Å². The molecular weight excluding hydrogens is 207 g/mol. The van der Waals surface area contributed by atoms with Crippen LogP contribution < -0.4 is 5.32 Å². The van der Waals surface area contributed by atoms with E-state index >= 15 is 0 Å². The molecule has 0 aliphatic heterocycles. The summed E-state index contributed by atoms with van der Waals surface area (Å²) < 4.78 is 10.8. The van der Waals surface area contributed by atoms with Crippen molar-refractivity contribution in [3.05, 3.63) is 12.7 Å². The number of nitrogens with one attached hydrogen (secondary N) is 1. The number of carbonyl (C=O) groups is 1. The van der Waals surface area contributed by atoms with Crippen LogP contribution in [0.25, 0.3) is 0 Å². The molecule has 1 amide bonds. The van der Waals surface area contributed by atoms with Crippen LogP contribution in [0, 0.1) is 0 Å². The first-order chi connectivity index (χ1) is 6.37. The maximum atomic E-state index is 11.0. The van der Waals surface area contributed by atoms with E-state index in [0.29, 0.717) is 5.06 Å².